The monoisotopic (exact) mass is 284 g/mol. The number of hydrogen-bond acceptors (Lipinski definition) is 3. The number of rotatable bonds is 3. The molecule has 2 amide bonds. The van der Waals surface area contributed by atoms with E-state index < -0.39 is 5.97 Å². The highest BCUT2D eigenvalue weighted by molar-refractivity contribution is 5.75. The van der Waals surface area contributed by atoms with Crippen LogP contribution in [0.3, 0.4) is 0 Å². The Morgan fingerprint density at radius 3 is 2.65 bits per heavy atom. The highest BCUT2D eigenvalue weighted by Gasteiger charge is 2.31. The molecular weight excluding hydrogens is 260 g/mol. The summed E-state index contributed by atoms with van der Waals surface area (Å²) >= 11 is 0. The Labute approximate surface area is 119 Å². The van der Waals surface area contributed by atoms with Gasteiger partial charge in [0.2, 0.25) is 0 Å². The maximum atomic E-state index is 12.3. The van der Waals surface area contributed by atoms with Gasteiger partial charge in [-0.2, -0.15) is 0 Å². The van der Waals surface area contributed by atoms with E-state index in [0.717, 1.165) is 32.1 Å². The normalized spacial score (nSPS) is 30.9. The van der Waals surface area contributed by atoms with Crippen LogP contribution in [0.2, 0.25) is 0 Å². The SMILES string of the molecule is O=C(O)C1CCCC(NC(=O)N2CCCCC2CO)C1. The van der Waals surface area contributed by atoms with Crippen molar-refractivity contribution in [2.75, 3.05) is 13.2 Å². The smallest absolute Gasteiger partial charge is 0.317 e. The number of carbonyl (C=O) groups excluding carboxylic acids is 1. The van der Waals surface area contributed by atoms with E-state index in [4.69, 9.17) is 5.11 Å². The third-order valence-corrected chi connectivity index (χ3v) is 4.45. The molecule has 1 aliphatic carbocycles. The molecule has 6 heteroatoms. The summed E-state index contributed by atoms with van der Waals surface area (Å²) in [6.07, 6.45) is 5.74. The van der Waals surface area contributed by atoms with E-state index in [9.17, 15) is 14.7 Å². The number of aliphatic carboxylic acids is 1. The zero-order chi connectivity index (χ0) is 14.5. The van der Waals surface area contributed by atoms with Crippen molar-refractivity contribution < 1.29 is 19.8 Å². The van der Waals surface area contributed by atoms with Crippen molar-refractivity contribution in [3.05, 3.63) is 0 Å². The van der Waals surface area contributed by atoms with E-state index in [1.165, 1.54) is 0 Å². The molecule has 2 fully saturated rings. The van der Waals surface area contributed by atoms with Gasteiger partial charge in [-0.25, -0.2) is 4.79 Å². The molecule has 0 spiro atoms. The fraction of sp³-hybridized carbons (Fsp3) is 0.857. The van der Waals surface area contributed by atoms with Crippen LogP contribution >= 0.6 is 0 Å². The van der Waals surface area contributed by atoms with Crippen molar-refractivity contribution >= 4 is 12.0 Å². The van der Waals surface area contributed by atoms with E-state index in [1.54, 1.807) is 4.90 Å². The average molecular weight is 284 g/mol. The number of aliphatic hydroxyl groups is 1. The summed E-state index contributed by atoms with van der Waals surface area (Å²) < 4.78 is 0. The molecule has 3 unspecified atom stereocenters. The Hall–Kier alpha value is -1.30. The molecule has 2 aliphatic rings. The molecule has 1 saturated heterocycles. The highest BCUT2D eigenvalue weighted by atomic mass is 16.4. The summed E-state index contributed by atoms with van der Waals surface area (Å²) in [6.45, 7) is 0.669. The van der Waals surface area contributed by atoms with Crippen LogP contribution in [0.1, 0.15) is 44.9 Å². The molecule has 0 aromatic carbocycles. The molecule has 0 bridgehead atoms. The molecule has 0 aromatic rings. The maximum absolute atomic E-state index is 12.3. The second-order valence-electron chi connectivity index (χ2n) is 5.87. The van der Waals surface area contributed by atoms with Crippen LogP contribution < -0.4 is 5.32 Å². The zero-order valence-electron chi connectivity index (χ0n) is 11.8. The number of urea groups is 1. The van der Waals surface area contributed by atoms with E-state index in [2.05, 4.69) is 5.32 Å². The topological polar surface area (TPSA) is 89.9 Å². The Bertz CT molecular complexity index is 361. The number of nitrogens with one attached hydrogen (secondary N) is 1. The number of aliphatic hydroxyl groups excluding tert-OH is 1. The van der Waals surface area contributed by atoms with Crippen molar-refractivity contribution in [1.29, 1.82) is 0 Å². The molecule has 114 valence electrons. The number of nitrogens with zero attached hydrogens (tertiary/aromatic N) is 1. The fourth-order valence-electron chi connectivity index (χ4n) is 3.26. The van der Waals surface area contributed by atoms with Gasteiger partial charge in [0, 0.05) is 12.6 Å². The number of carbonyl (C=O) groups is 2. The molecule has 6 nitrogen and oxygen atoms in total. The lowest BCUT2D eigenvalue weighted by atomic mass is 9.86. The second-order valence-corrected chi connectivity index (χ2v) is 5.87. The Morgan fingerprint density at radius 2 is 1.95 bits per heavy atom. The molecule has 0 aromatic heterocycles. The Morgan fingerprint density at radius 1 is 1.15 bits per heavy atom. The standard InChI is InChI=1S/C14H24N2O4/c17-9-12-6-1-2-7-16(12)14(20)15-11-5-3-4-10(8-11)13(18)19/h10-12,17H,1-9H2,(H,15,20)(H,18,19). The number of amides is 2. The molecule has 20 heavy (non-hydrogen) atoms. The van der Waals surface area contributed by atoms with Crippen LogP contribution in [0, 0.1) is 5.92 Å². The number of piperidine rings is 1. The number of likely N-dealkylation sites (tertiary alicyclic amines) is 1. The summed E-state index contributed by atoms with van der Waals surface area (Å²) in [4.78, 5) is 25.0. The van der Waals surface area contributed by atoms with Gasteiger partial charge in [0.05, 0.1) is 18.6 Å². The lowest BCUT2D eigenvalue weighted by molar-refractivity contribution is -0.143. The second kappa shape index (κ2) is 6.92. The first-order chi connectivity index (χ1) is 9.61. The Kier molecular flexibility index (Phi) is 5.23. The quantitative estimate of drug-likeness (QED) is 0.726. The zero-order valence-corrected chi connectivity index (χ0v) is 11.8. The van der Waals surface area contributed by atoms with Gasteiger partial charge in [0.15, 0.2) is 0 Å². The third kappa shape index (κ3) is 3.62. The molecule has 0 radical (unpaired) electrons. The largest absolute Gasteiger partial charge is 0.481 e. The average Bonchev–Trinajstić information content (AvgIpc) is 2.47. The molecule has 2 rings (SSSR count). The first-order valence-electron chi connectivity index (χ1n) is 7.52. The fourth-order valence-corrected chi connectivity index (χ4v) is 3.26. The molecular formula is C14H24N2O4. The van der Waals surface area contributed by atoms with E-state index in [0.29, 0.717) is 19.4 Å². The van der Waals surface area contributed by atoms with Crippen LogP contribution in [0.4, 0.5) is 4.79 Å². The van der Waals surface area contributed by atoms with Crippen LogP contribution in [-0.4, -0.2) is 52.3 Å². The molecule has 1 saturated carbocycles. The van der Waals surface area contributed by atoms with Gasteiger partial charge in [-0.3, -0.25) is 4.79 Å². The first-order valence-corrected chi connectivity index (χ1v) is 7.52. The van der Waals surface area contributed by atoms with Gasteiger partial charge >= 0.3 is 12.0 Å². The summed E-state index contributed by atoms with van der Waals surface area (Å²) in [5.74, 6) is -1.11. The number of hydrogen-bond donors (Lipinski definition) is 3. The van der Waals surface area contributed by atoms with E-state index >= 15 is 0 Å². The molecule has 3 atom stereocenters. The van der Waals surface area contributed by atoms with Crippen LogP contribution in [0.25, 0.3) is 0 Å². The van der Waals surface area contributed by atoms with Gasteiger partial charge in [0.1, 0.15) is 0 Å². The van der Waals surface area contributed by atoms with Crippen molar-refractivity contribution in [3.8, 4) is 0 Å². The van der Waals surface area contributed by atoms with Gasteiger partial charge in [-0.05, 0) is 38.5 Å². The molecule has 1 heterocycles. The van der Waals surface area contributed by atoms with Crippen molar-refractivity contribution in [2.45, 2.75) is 57.0 Å². The first kappa shape index (κ1) is 15.1. The van der Waals surface area contributed by atoms with E-state index in [1.807, 2.05) is 0 Å². The van der Waals surface area contributed by atoms with Crippen LogP contribution in [0.15, 0.2) is 0 Å². The predicted molar refractivity (Wildman–Crippen MR) is 73.3 cm³/mol. The third-order valence-electron chi connectivity index (χ3n) is 4.45. The van der Waals surface area contributed by atoms with E-state index in [-0.39, 0.29) is 30.6 Å². The van der Waals surface area contributed by atoms with Gasteiger partial charge in [-0.15, -0.1) is 0 Å². The number of carboxylic acid groups (broad SMARTS) is 1. The predicted octanol–water partition coefficient (Wildman–Crippen LogP) is 1.19. The maximum Gasteiger partial charge on any atom is 0.317 e. The molecule has 3 N–H and O–H groups in total. The summed E-state index contributed by atoms with van der Waals surface area (Å²) in [7, 11) is 0. The minimum absolute atomic E-state index is 0.00413. The lowest BCUT2D eigenvalue weighted by Crippen LogP contribution is -2.53. The van der Waals surface area contributed by atoms with Crippen molar-refractivity contribution in [1.82, 2.24) is 10.2 Å². The Balaban J connectivity index is 1.88. The minimum atomic E-state index is -0.768. The lowest BCUT2D eigenvalue weighted by Gasteiger charge is -2.36. The summed E-state index contributed by atoms with van der Waals surface area (Å²) in [5.41, 5.74) is 0. The van der Waals surface area contributed by atoms with Crippen molar-refractivity contribution in [3.63, 3.8) is 0 Å². The van der Waals surface area contributed by atoms with Gasteiger partial charge in [0.25, 0.3) is 0 Å². The number of carboxylic acids is 1. The minimum Gasteiger partial charge on any atom is -0.481 e. The van der Waals surface area contributed by atoms with Crippen molar-refractivity contribution in [2.24, 2.45) is 5.92 Å². The molecule has 1 aliphatic heterocycles. The summed E-state index contributed by atoms with van der Waals surface area (Å²) in [5, 5.41) is 21.3. The summed E-state index contributed by atoms with van der Waals surface area (Å²) in [6, 6.07) is -0.305. The van der Waals surface area contributed by atoms with Crippen LogP contribution in [0.5, 0.6) is 0 Å². The van der Waals surface area contributed by atoms with Gasteiger partial charge in [-0.1, -0.05) is 6.42 Å². The van der Waals surface area contributed by atoms with Crippen LogP contribution in [-0.2, 0) is 4.79 Å². The van der Waals surface area contributed by atoms with Gasteiger partial charge < -0.3 is 20.4 Å². The highest BCUT2D eigenvalue weighted by Crippen LogP contribution is 2.25.